The van der Waals surface area contributed by atoms with E-state index in [9.17, 15) is 9.59 Å². The third-order valence-electron chi connectivity index (χ3n) is 1.05. The minimum atomic E-state index is -1.45. The molecule has 0 aromatic heterocycles. The van der Waals surface area contributed by atoms with E-state index in [1.54, 1.807) is 7.05 Å². The summed E-state index contributed by atoms with van der Waals surface area (Å²) >= 11 is 0. The number of nitrogens with one attached hydrogen (secondary N) is 1. The number of nitrogens with zero attached hydrogens (tertiary/aromatic N) is 1. The first-order valence-corrected chi connectivity index (χ1v) is 2.97. The van der Waals surface area contributed by atoms with Crippen LogP contribution in [-0.4, -0.2) is 47.4 Å². The molecule has 2 amide bonds. The molecule has 0 aliphatic heterocycles. The number of imide groups is 1. The van der Waals surface area contributed by atoms with Crippen molar-refractivity contribution in [3.63, 3.8) is 0 Å². The van der Waals surface area contributed by atoms with E-state index in [1.165, 1.54) is 0 Å². The van der Waals surface area contributed by atoms with Crippen molar-refractivity contribution in [2.45, 2.75) is 0 Å². The van der Waals surface area contributed by atoms with E-state index >= 15 is 0 Å². The van der Waals surface area contributed by atoms with Crippen LogP contribution in [0.25, 0.3) is 0 Å². The van der Waals surface area contributed by atoms with Gasteiger partial charge in [-0.05, 0) is 7.05 Å². The summed E-state index contributed by atoms with van der Waals surface area (Å²) in [6, 6.07) is 0. The molecule has 0 saturated carbocycles. The fourth-order valence-corrected chi connectivity index (χ4v) is 0.497. The van der Waals surface area contributed by atoms with E-state index in [4.69, 9.17) is 10.2 Å². The summed E-state index contributed by atoms with van der Waals surface area (Å²) in [5, 5.41) is 19.2. The number of amides is 2. The number of rotatable bonds is 3. The van der Waals surface area contributed by atoms with Crippen LogP contribution in [0.15, 0.2) is 0 Å². The number of likely N-dealkylation sites (N-methyl/N-ethyl adjacent to an activating group) is 1. The summed E-state index contributed by atoms with van der Waals surface area (Å²) < 4.78 is 0. The molecule has 0 spiro atoms. The Morgan fingerprint density at radius 3 is 1.92 bits per heavy atom. The smallest absolute Gasteiger partial charge is 1.00 e. The summed E-state index contributed by atoms with van der Waals surface area (Å²) in [5.41, 5.74) is 0. The second kappa shape index (κ2) is 10.8. The van der Waals surface area contributed by atoms with Crippen molar-refractivity contribution in [1.29, 1.82) is 0 Å². The van der Waals surface area contributed by atoms with Gasteiger partial charge in [-0.15, -0.1) is 0 Å². The van der Waals surface area contributed by atoms with Crippen molar-refractivity contribution >= 4 is 12.2 Å². The van der Waals surface area contributed by atoms with Gasteiger partial charge in [0.25, 0.3) is 0 Å². The number of carbonyl (C=O) groups is 2. The molecule has 8 heteroatoms. The average Bonchev–Trinajstić information content (AvgIpc) is 1.87. The minimum Gasteiger partial charge on any atom is -1.00 e. The Morgan fingerprint density at radius 2 is 1.69 bits per heavy atom. The third-order valence-corrected chi connectivity index (χ3v) is 1.05. The predicted molar refractivity (Wildman–Crippen MR) is 38.9 cm³/mol. The molecule has 13 heavy (non-hydrogen) atoms. The molecule has 0 radical (unpaired) electrons. The Labute approximate surface area is 123 Å². The van der Waals surface area contributed by atoms with Gasteiger partial charge in [0, 0.05) is 13.1 Å². The topological polar surface area (TPSA) is 89.9 Å². The van der Waals surface area contributed by atoms with Gasteiger partial charge in [0.1, 0.15) is 0 Å². The second-order valence-corrected chi connectivity index (χ2v) is 1.82. The minimum absolute atomic E-state index is 0. The monoisotopic (exact) mass is 210 g/mol. The molecule has 0 saturated heterocycles. The van der Waals surface area contributed by atoms with Gasteiger partial charge in [0.05, 0.1) is 0 Å². The molecule has 0 aromatic carbocycles. The van der Waals surface area contributed by atoms with Crippen LogP contribution in [0.4, 0.5) is 9.59 Å². The molecule has 0 atom stereocenters. The molecular formula is C5H12N2Na2O4. The molecule has 3 N–H and O–H groups in total. The van der Waals surface area contributed by atoms with Crippen LogP contribution in [0, 0.1) is 0 Å². The van der Waals surface area contributed by atoms with Crippen LogP contribution in [0.5, 0.6) is 0 Å². The first-order valence-electron chi connectivity index (χ1n) is 2.97. The summed E-state index contributed by atoms with van der Waals surface area (Å²) in [4.78, 5) is 20.6. The van der Waals surface area contributed by atoms with E-state index in [2.05, 4.69) is 5.32 Å². The molecular weight excluding hydrogens is 198 g/mol. The molecule has 0 aromatic rings. The third kappa shape index (κ3) is 9.01. The average molecular weight is 210 g/mol. The molecule has 6 nitrogen and oxygen atoms in total. The number of hydrogen-bond donors (Lipinski definition) is 3. The van der Waals surface area contributed by atoms with Crippen LogP contribution in [0.2, 0.25) is 0 Å². The van der Waals surface area contributed by atoms with E-state index < -0.39 is 12.2 Å². The molecule has 0 heterocycles. The quantitative estimate of drug-likeness (QED) is 0.404. The molecule has 0 rings (SSSR count). The zero-order valence-electron chi connectivity index (χ0n) is 10.1. The van der Waals surface area contributed by atoms with Gasteiger partial charge in [-0.3, -0.25) is 0 Å². The second-order valence-electron chi connectivity index (χ2n) is 1.82. The Balaban J connectivity index is -0.0000000833. The maximum Gasteiger partial charge on any atom is 1.00 e. The van der Waals surface area contributed by atoms with Crippen molar-refractivity contribution in [3.8, 4) is 0 Å². The van der Waals surface area contributed by atoms with Gasteiger partial charge in [-0.1, -0.05) is 0 Å². The maximum atomic E-state index is 10.2. The summed E-state index contributed by atoms with van der Waals surface area (Å²) in [7, 11) is 1.61. The van der Waals surface area contributed by atoms with Crippen LogP contribution in [-0.2, 0) is 0 Å². The van der Waals surface area contributed by atoms with Crippen LogP contribution >= 0.6 is 0 Å². The molecule has 0 aliphatic carbocycles. The van der Waals surface area contributed by atoms with Crippen LogP contribution in [0.3, 0.4) is 0 Å². The Hall–Kier alpha value is 0.700. The number of carboxylic acid groups (broad SMARTS) is 2. The van der Waals surface area contributed by atoms with Gasteiger partial charge < -0.3 is 18.4 Å². The zero-order valence-corrected chi connectivity index (χ0v) is 12.1. The predicted octanol–water partition coefficient (Wildman–Crippen LogP) is -5.90. The first kappa shape index (κ1) is 19.3. The fraction of sp³-hybridized carbons (Fsp3) is 0.600. The Bertz CT molecular complexity index is 161. The summed E-state index contributed by atoms with van der Waals surface area (Å²) in [6.45, 7) is 0.264. The van der Waals surface area contributed by atoms with E-state index in [0.717, 1.165) is 0 Å². The van der Waals surface area contributed by atoms with Crippen molar-refractivity contribution in [3.05, 3.63) is 0 Å². The van der Waals surface area contributed by atoms with Crippen molar-refractivity contribution in [2.24, 2.45) is 0 Å². The van der Waals surface area contributed by atoms with Crippen molar-refractivity contribution < 1.29 is 81.8 Å². The standard InChI is InChI=1S/C5H10N2O4.2Na.2H/c1-6-2-3-7(4(8)9)5(10)11;;;;/h6H,2-3H2,1H3,(H,8,9)(H,10,11);;;;/q;2*+1;2*-1. The van der Waals surface area contributed by atoms with Crippen LogP contribution in [0.1, 0.15) is 2.85 Å². The molecule has 0 unspecified atom stereocenters. The largest absolute Gasteiger partial charge is 1.00 e. The van der Waals surface area contributed by atoms with Gasteiger partial charge in [0.2, 0.25) is 0 Å². The van der Waals surface area contributed by atoms with Crippen LogP contribution < -0.4 is 64.4 Å². The number of hydrogen-bond acceptors (Lipinski definition) is 3. The Kier molecular flexibility index (Phi) is 16.0. The maximum absolute atomic E-state index is 10.2. The fourth-order valence-electron chi connectivity index (χ4n) is 0.497. The van der Waals surface area contributed by atoms with Crippen molar-refractivity contribution in [1.82, 2.24) is 10.2 Å². The zero-order chi connectivity index (χ0) is 8.85. The summed E-state index contributed by atoms with van der Waals surface area (Å²) in [6.07, 6.45) is -2.90. The van der Waals surface area contributed by atoms with Gasteiger partial charge in [-0.25, -0.2) is 14.5 Å². The van der Waals surface area contributed by atoms with Gasteiger partial charge in [0.15, 0.2) is 0 Å². The van der Waals surface area contributed by atoms with Gasteiger partial charge in [-0.2, -0.15) is 0 Å². The normalized spacial score (nSPS) is 7.77. The SMILES string of the molecule is CNCCN(C(=O)O)C(=O)O.[H-].[H-].[Na+].[Na+]. The van der Waals surface area contributed by atoms with E-state index in [0.29, 0.717) is 11.4 Å². The molecule has 0 fully saturated rings. The van der Waals surface area contributed by atoms with E-state index in [-0.39, 0.29) is 68.5 Å². The van der Waals surface area contributed by atoms with Gasteiger partial charge >= 0.3 is 71.3 Å². The Morgan fingerprint density at radius 1 is 1.31 bits per heavy atom. The first-order chi connectivity index (χ1) is 5.09. The molecule has 68 valence electrons. The molecule has 0 aliphatic rings. The molecule has 0 bridgehead atoms. The van der Waals surface area contributed by atoms with E-state index in [1.807, 2.05) is 0 Å². The summed E-state index contributed by atoms with van der Waals surface area (Å²) in [5.74, 6) is 0. The van der Waals surface area contributed by atoms with Crippen molar-refractivity contribution in [2.75, 3.05) is 20.1 Å².